The van der Waals surface area contributed by atoms with Crippen LogP contribution in [0.4, 0.5) is 0 Å². The molecular weight excluding hydrogens is 202 g/mol. The van der Waals surface area contributed by atoms with Gasteiger partial charge < -0.3 is 9.84 Å². The van der Waals surface area contributed by atoms with Gasteiger partial charge in [-0.25, -0.2) is 4.98 Å². The molecule has 1 aromatic rings. The monoisotopic (exact) mass is 221 g/mol. The van der Waals surface area contributed by atoms with Crippen LogP contribution in [0.2, 0.25) is 0 Å². The van der Waals surface area contributed by atoms with Crippen molar-refractivity contribution < 1.29 is 9.84 Å². The van der Waals surface area contributed by atoms with Crippen molar-refractivity contribution in [3.63, 3.8) is 0 Å². The van der Waals surface area contributed by atoms with Gasteiger partial charge in [0.15, 0.2) is 0 Å². The van der Waals surface area contributed by atoms with Crippen LogP contribution in [0, 0.1) is 5.92 Å². The highest BCUT2D eigenvalue weighted by atomic mass is 16.5. The number of ether oxygens (including phenoxy) is 1. The summed E-state index contributed by atoms with van der Waals surface area (Å²) >= 11 is 0. The molecule has 1 heterocycles. The van der Waals surface area contributed by atoms with Gasteiger partial charge in [-0.05, 0) is 31.2 Å². The van der Waals surface area contributed by atoms with Crippen molar-refractivity contribution in [3.8, 4) is 5.88 Å². The van der Waals surface area contributed by atoms with Gasteiger partial charge in [0.25, 0.3) is 0 Å². The van der Waals surface area contributed by atoms with Gasteiger partial charge in [0.2, 0.25) is 5.88 Å². The maximum atomic E-state index is 9.93. The fourth-order valence-corrected chi connectivity index (χ4v) is 2.47. The second-order valence-electron chi connectivity index (χ2n) is 4.49. The molecule has 2 atom stereocenters. The Balaban J connectivity index is 2.07. The molecule has 1 N–H and O–H groups in total. The van der Waals surface area contributed by atoms with Crippen LogP contribution in [-0.4, -0.2) is 23.3 Å². The first-order chi connectivity index (χ1) is 7.81. The molecule has 1 aliphatic rings. The van der Waals surface area contributed by atoms with E-state index in [2.05, 4.69) is 4.98 Å². The number of hydrogen-bond acceptors (Lipinski definition) is 3. The summed E-state index contributed by atoms with van der Waals surface area (Å²) < 4.78 is 5.23. The fourth-order valence-electron chi connectivity index (χ4n) is 2.47. The fraction of sp³-hybridized carbons (Fsp3) is 0.615. The maximum Gasteiger partial charge on any atom is 0.216 e. The van der Waals surface area contributed by atoms with Gasteiger partial charge in [0.1, 0.15) is 0 Å². The minimum absolute atomic E-state index is 0.154. The number of aliphatic hydroxyl groups is 1. The van der Waals surface area contributed by atoms with E-state index in [-0.39, 0.29) is 6.10 Å². The van der Waals surface area contributed by atoms with Crippen molar-refractivity contribution in [3.05, 3.63) is 23.9 Å². The van der Waals surface area contributed by atoms with Gasteiger partial charge in [-0.2, -0.15) is 0 Å². The standard InChI is InChI=1S/C13H19NO2/c1-16-13-11(6-4-8-14-13)9-10-5-2-3-7-12(10)15/h4,6,8,10,12,15H,2-3,5,7,9H2,1H3. The molecule has 16 heavy (non-hydrogen) atoms. The molecule has 0 aromatic carbocycles. The molecule has 1 aliphatic carbocycles. The topological polar surface area (TPSA) is 42.4 Å². The van der Waals surface area contributed by atoms with E-state index in [1.165, 1.54) is 6.42 Å². The minimum atomic E-state index is -0.154. The van der Waals surface area contributed by atoms with Crippen LogP contribution in [0.25, 0.3) is 0 Å². The summed E-state index contributed by atoms with van der Waals surface area (Å²) in [5, 5.41) is 9.93. The van der Waals surface area contributed by atoms with Crippen molar-refractivity contribution in [2.24, 2.45) is 5.92 Å². The Bertz CT molecular complexity index is 340. The maximum absolute atomic E-state index is 9.93. The Morgan fingerprint density at radius 2 is 2.25 bits per heavy atom. The van der Waals surface area contributed by atoms with Crippen molar-refractivity contribution in [2.75, 3.05) is 7.11 Å². The molecule has 0 radical (unpaired) electrons. The average molecular weight is 221 g/mol. The molecule has 0 spiro atoms. The van der Waals surface area contributed by atoms with E-state index in [1.807, 2.05) is 12.1 Å². The smallest absolute Gasteiger partial charge is 0.216 e. The van der Waals surface area contributed by atoms with E-state index in [1.54, 1.807) is 13.3 Å². The molecule has 2 unspecified atom stereocenters. The number of rotatable bonds is 3. The Morgan fingerprint density at radius 1 is 1.44 bits per heavy atom. The van der Waals surface area contributed by atoms with E-state index in [0.717, 1.165) is 31.2 Å². The lowest BCUT2D eigenvalue weighted by molar-refractivity contribution is 0.0696. The van der Waals surface area contributed by atoms with Crippen molar-refractivity contribution in [1.82, 2.24) is 4.98 Å². The molecule has 0 bridgehead atoms. The molecule has 1 fully saturated rings. The predicted octanol–water partition coefficient (Wildman–Crippen LogP) is 2.18. The highest BCUT2D eigenvalue weighted by Gasteiger charge is 2.24. The number of nitrogens with zero attached hydrogens (tertiary/aromatic N) is 1. The van der Waals surface area contributed by atoms with Gasteiger partial charge >= 0.3 is 0 Å². The number of aliphatic hydroxyl groups excluding tert-OH is 1. The minimum Gasteiger partial charge on any atom is -0.481 e. The summed E-state index contributed by atoms with van der Waals surface area (Å²) in [6.07, 6.45) is 6.88. The number of aromatic nitrogens is 1. The van der Waals surface area contributed by atoms with Crippen LogP contribution in [0.5, 0.6) is 5.88 Å². The van der Waals surface area contributed by atoms with Gasteiger partial charge in [0, 0.05) is 11.8 Å². The van der Waals surface area contributed by atoms with Crippen molar-refractivity contribution in [2.45, 2.75) is 38.2 Å². The predicted molar refractivity (Wildman–Crippen MR) is 62.5 cm³/mol. The SMILES string of the molecule is COc1ncccc1CC1CCCCC1O. The second kappa shape index (κ2) is 5.30. The largest absolute Gasteiger partial charge is 0.481 e. The molecule has 3 heteroatoms. The molecule has 1 aromatic heterocycles. The highest BCUT2D eigenvalue weighted by molar-refractivity contribution is 5.26. The van der Waals surface area contributed by atoms with E-state index < -0.39 is 0 Å². The molecule has 2 rings (SSSR count). The summed E-state index contributed by atoms with van der Waals surface area (Å²) in [7, 11) is 1.64. The van der Waals surface area contributed by atoms with Gasteiger partial charge in [-0.15, -0.1) is 0 Å². The van der Waals surface area contributed by atoms with Crippen LogP contribution in [-0.2, 0) is 6.42 Å². The van der Waals surface area contributed by atoms with Crippen LogP contribution < -0.4 is 4.74 Å². The first-order valence-corrected chi connectivity index (χ1v) is 5.97. The Labute approximate surface area is 96.5 Å². The third-order valence-electron chi connectivity index (χ3n) is 3.39. The summed E-state index contributed by atoms with van der Waals surface area (Å²) in [5.41, 5.74) is 1.11. The van der Waals surface area contributed by atoms with Gasteiger partial charge in [-0.3, -0.25) is 0 Å². The zero-order chi connectivity index (χ0) is 11.4. The third kappa shape index (κ3) is 2.53. The first-order valence-electron chi connectivity index (χ1n) is 5.97. The van der Waals surface area contributed by atoms with Crippen molar-refractivity contribution in [1.29, 1.82) is 0 Å². The van der Waals surface area contributed by atoms with E-state index in [0.29, 0.717) is 11.8 Å². The lowest BCUT2D eigenvalue weighted by atomic mass is 9.83. The zero-order valence-corrected chi connectivity index (χ0v) is 9.72. The van der Waals surface area contributed by atoms with Crippen LogP contribution in [0.1, 0.15) is 31.2 Å². The molecule has 0 saturated heterocycles. The summed E-state index contributed by atoms with van der Waals surface area (Å²) in [6.45, 7) is 0. The third-order valence-corrected chi connectivity index (χ3v) is 3.39. The average Bonchev–Trinajstić information content (AvgIpc) is 2.33. The van der Waals surface area contributed by atoms with E-state index >= 15 is 0 Å². The molecular formula is C13H19NO2. The lowest BCUT2D eigenvalue weighted by Gasteiger charge is -2.27. The van der Waals surface area contributed by atoms with Gasteiger partial charge in [0.05, 0.1) is 13.2 Å². The van der Waals surface area contributed by atoms with E-state index in [9.17, 15) is 5.11 Å². The Hall–Kier alpha value is -1.09. The molecule has 0 aliphatic heterocycles. The molecule has 1 saturated carbocycles. The zero-order valence-electron chi connectivity index (χ0n) is 9.72. The Kier molecular flexibility index (Phi) is 3.78. The normalized spacial score (nSPS) is 25.4. The Morgan fingerprint density at radius 3 is 3.00 bits per heavy atom. The quantitative estimate of drug-likeness (QED) is 0.850. The molecule has 88 valence electrons. The van der Waals surface area contributed by atoms with E-state index in [4.69, 9.17) is 4.74 Å². The highest BCUT2D eigenvalue weighted by Crippen LogP contribution is 2.29. The molecule has 3 nitrogen and oxygen atoms in total. The van der Waals surface area contributed by atoms with Crippen molar-refractivity contribution >= 4 is 0 Å². The van der Waals surface area contributed by atoms with Gasteiger partial charge in [-0.1, -0.05) is 18.9 Å². The summed E-state index contributed by atoms with van der Waals surface area (Å²) in [5.74, 6) is 1.06. The number of hydrogen-bond donors (Lipinski definition) is 1. The van der Waals surface area contributed by atoms with Crippen LogP contribution >= 0.6 is 0 Å². The van der Waals surface area contributed by atoms with Crippen LogP contribution in [0.15, 0.2) is 18.3 Å². The summed E-state index contributed by atoms with van der Waals surface area (Å²) in [6, 6.07) is 3.96. The molecule has 0 amide bonds. The number of methoxy groups -OCH3 is 1. The number of pyridine rings is 1. The summed E-state index contributed by atoms with van der Waals surface area (Å²) in [4.78, 5) is 4.18. The first kappa shape index (κ1) is 11.4. The lowest BCUT2D eigenvalue weighted by Crippen LogP contribution is -2.26. The van der Waals surface area contributed by atoms with Crippen LogP contribution in [0.3, 0.4) is 0 Å². The second-order valence-corrected chi connectivity index (χ2v) is 4.49.